The summed E-state index contributed by atoms with van der Waals surface area (Å²) in [6.45, 7) is 7.37. The summed E-state index contributed by atoms with van der Waals surface area (Å²) in [6, 6.07) is 7.18. The Kier molecular flexibility index (Phi) is 3.63. The van der Waals surface area contributed by atoms with Gasteiger partial charge in [-0.05, 0) is 41.2 Å². The quantitative estimate of drug-likeness (QED) is 0.657. The van der Waals surface area contributed by atoms with Gasteiger partial charge in [0, 0.05) is 5.56 Å². The smallest absolute Gasteiger partial charge is 0.159 e. The molecule has 3 heteroatoms. The molecule has 0 atom stereocenters. The van der Waals surface area contributed by atoms with E-state index in [0.29, 0.717) is 22.3 Å². The molecule has 0 spiro atoms. The van der Waals surface area contributed by atoms with Crippen LogP contribution in [-0.4, -0.2) is 0 Å². The van der Waals surface area contributed by atoms with E-state index in [1.54, 1.807) is 25.1 Å². The SMILES string of the molecule is Cc1cc(F)c(F)cc1-c1cccc(C(C)(C)C)c1F. The summed E-state index contributed by atoms with van der Waals surface area (Å²) in [4.78, 5) is 0. The van der Waals surface area contributed by atoms with E-state index in [-0.39, 0.29) is 11.2 Å². The van der Waals surface area contributed by atoms with E-state index < -0.39 is 11.6 Å². The lowest BCUT2D eigenvalue weighted by Gasteiger charge is -2.21. The van der Waals surface area contributed by atoms with Crippen molar-refractivity contribution in [2.75, 3.05) is 0 Å². The second-order valence-electron chi connectivity index (χ2n) is 6.00. The van der Waals surface area contributed by atoms with Gasteiger partial charge in [-0.25, -0.2) is 13.2 Å². The molecule has 0 fully saturated rings. The van der Waals surface area contributed by atoms with Crippen molar-refractivity contribution in [3.8, 4) is 11.1 Å². The summed E-state index contributed by atoms with van der Waals surface area (Å²) in [5, 5.41) is 0. The first-order valence-corrected chi connectivity index (χ1v) is 6.47. The molecule has 0 saturated heterocycles. The molecule has 106 valence electrons. The number of aryl methyl sites for hydroxylation is 1. The maximum absolute atomic E-state index is 14.7. The van der Waals surface area contributed by atoms with E-state index >= 15 is 0 Å². The minimum Gasteiger partial charge on any atom is -0.206 e. The van der Waals surface area contributed by atoms with Gasteiger partial charge in [0.15, 0.2) is 11.6 Å². The van der Waals surface area contributed by atoms with Crippen LogP contribution in [0.25, 0.3) is 11.1 Å². The molecule has 0 heterocycles. The molecule has 0 nitrogen and oxygen atoms in total. The van der Waals surface area contributed by atoms with E-state index in [0.717, 1.165) is 12.1 Å². The van der Waals surface area contributed by atoms with Gasteiger partial charge >= 0.3 is 0 Å². The molecule has 20 heavy (non-hydrogen) atoms. The molecule has 0 unspecified atom stereocenters. The summed E-state index contributed by atoms with van der Waals surface area (Å²) in [5.41, 5.74) is 1.39. The van der Waals surface area contributed by atoms with Crippen molar-refractivity contribution in [2.45, 2.75) is 33.1 Å². The van der Waals surface area contributed by atoms with Crippen molar-refractivity contribution in [2.24, 2.45) is 0 Å². The molecule has 0 aliphatic rings. The molecule has 0 amide bonds. The molecule has 0 N–H and O–H groups in total. The van der Waals surface area contributed by atoms with Crippen LogP contribution in [0.2, 0.25) is 0 Å². The van der Waals surface area contributed by atoms with Gasteiger partial charge in [0.1, 0.15) is 5.82 Å². The van der Waals surface area contributed by atoms with E-state index in [1.807, 2.05) is 20.8 Å². The summed E-state index contributed by atoms with van der Waals surface area (Å²) in [5.74, 6) is -2.26. The molecule has 2 aromatic carbocycles. The van der Waals surface area contributed by atoms with E-state index in [4.69, 9.17) is 0 Å². The fourth-order valence-electron chi connectivity index (χ4n) is 2.26. The Balaban J connectivity index is 2.69. The highest BCUT2D eigenvalue weighted by Gasteiger charge is 2.21. The van der Waals surface area contributed by atoms with Gasteiger partial charge < -0.3 is 0 Å². The van der Waals surface area contributed by atoms with Gasteiger partial charge in [0.05, 0.1) is 0 Å². The van der Waals surface area contributed by atoms with Crippen LogP contribution in [0.1, 0.15) is 31.9 Å². The maximum Gasteiger partial charge on any atom is 0.159 e. The zero-order valence-electron chi connectivity index (χ0n) is 12.0. The molecule has 0 saturated carbocycles. The molecule has 0 aliphatic carbocycles. The summed E-state index contributed by atoms with van der Waals surface area (Å²) >= 11 is 0. The van der Waals surface area contributed by atoms with E-state index in [2.05, 4.69) is 0 Å². The number of hydrogen-bond acceptors (Lipinski definition) is 0. The average molecular weight is 278 g/mol. The van der Waals surface area contributed by atoms with Gasteiger partial charge in [-0.1, -0.05) is 39.0 Å². The standard InChI is InChI=1S/C17H17F3/c1-10-8-14(18)15(19)9-12(10)11-6-5-7-13(16(11)20)17(2,3)4/h5-9H,1-4H3. The maximum atomic E-state index is 14.7. The Morgan fingerprint density at radius 3 is 2.05 bits per heavy atom. The van der Waals surface area contributed by atoms with Crippen LogP contribution in [0.3, 0.4) is 0 Å². The molecule has 0 bridgehead atoms. The first-order valence-electron chi connectivity index (χ1n) is 6.47. The minimum absolute atomic E-state index is 0.300. The largest absolute Gasteiger partial charge is 0.206 e. The van der Waals surface area contributed by atoms with Crippen molar-refractivity contribution in [3.63, 3.8) is 0 Å². The second kappa shape index (κ2) is 4.97. The Morgan fingerprint density at radius 1 is 0.850 bits per heavy atom. The summed E-state index contributed by atoms with van der Waals surface area (Å²) in [7, 11) is 0. The number of hydrogen-bond donors (Lipinski definition) is 0. The van der Waals surface area contributed by atoms with Crippen molar-refractivity contribution in [3.05, 3.63) is 58.9 Å². The zero-order valence-corrected chi connectivity index (χ0v) is 12.0. The average Bonchev–Trinajstić information content (AvgIpc) is 2.33. The highest BCUT2D eigenvalue weighted by molar-refractivity contribution is 5.69. The lowest BCUT2D eigenvalue weighted by Crippen LogP contribution is -2.14. The van der Waals surface area contributed by atoms with E-state index in [9.17, 15) is 13.2 Å². The Morgan fingerprint density at radius 2 is 1.45 bits per heavy atom. The van der Waals surface area contributed by atoms with Crippen molar-refractivity contribution >= 4 is 0 Å². The zero-order chi connectivity index (χ0) is 15.1. The minimum atomic E-state index is -0.967. The highest BCUT2D eigenvalue weighted by atomic mass is 19.2. The number of benzene rings is 2. The van der Waals surface area contributed by atoms with Crippen LogP contribution < -0.4 is 0 Å². The third-order valence-electron chi connectivity index (χ3n) is 3.36. The normalized spacial score (nSPS) is 11.8. The fraction of sp³-hybridized carbons (Fsp3) is 0.294. The van der Waals surface area contributed by atoms with Crippen LogP contribution in [0.4, 0.5) is 13.2 Å². The predicted molar refractivity (Wildman–Crippen MR) is 75.2 cm³/mol. The van der Waals surface area contributed by atoms with Gasteiger partial charge in [-0.2, -0.15) is 0 Å². The van der Waals surface area contributed by atoms with Gasteiger partial charge in [0.25, 0.3) is 0 Å². The third-order valence-corrected chi connectivity index (χ3v) is 3.36. The predicted octanol–water partition coefficient (Wildman–Crippen LogP) is 5.38. The molecular weight excluding hydrogens is 261 g/mol. The highest BCUT2D eigenvalue weighted by Crippen LogP contribution is 2.33. The first kappa shape index (κ1) is 14.6. The van der Waals surface area contributed by atoms with Crippen molar-refractivity contribution < 1.29 is 13.2 Å². The van der Waals surface area contributed by atoms with Crippen LogP contribution in [-0.2, 0) is 5.41 Å². The van der Waals surface area contributed by atoms with Crippen molar-refractivity contribution in [1.82, 2.24) is 0 Å². The lowest BCUT2D eigenvalue weighted by molar-refractivity contribution is 0.507. The third kappa shape index (κ3) is 2.58. The molecule has 2 aromatic rings. The topological polar surface area (TPSA) is 0 Å². The summed E-state index contributed by atoms with van der Waals surface area (Å²) < 4.78 is 41.2. The van der Waals surface area contributed by atoms with E-state index in [1.165, 1.54) is 0 Å². The van der Waals surface area contributed by atoms with Crippen LogP contribution in [0.15, 0.2) is 30.3 Å². The second-order valence-corrected chi connectivity index (χ2v) is 6.00. The van der Waals surface area contributed by atoms with Gasteiger partial charge in [0.2, 0.25) is 0 Å². The molecule has 0 radical (unpaired) electrons. The van der Waals surface area contributed by atoms with Crippen molar-refractivity contribution in [1.29, 1.82) is 0 Å². The Hall–Kier alpha value is -1.77. The first-order chi connectivity index (χ1) is 9.21. The van der Waals surface area contributed by atoms with Crippen LogP contribution >= 0.6 is 0 Å². The molecule has 0 aliphatic heterocycles. The number of halogens is 3. The van der Waals surface area contributed by atoms with Crippen LogP contribution in [0, 0.1) is 24.4 Å². The van der Waals surface area contributed by atoms with Gasteiger partial charge in [-0.3, -0.25) is 0 Å². The molecular formula is C17H17F3. The van der Waals surface area contributed by atoms with Crippen LogP contribution in [0.5, 0.6) is 0 Å². The Labute approximate surface area is 117 Å². The molecule has 2 rings (SSSR count). The monoisotopic (exact) mass is 278 g/mol. The lowest BCUT2D eigenvalue weighted by atomic mass is 9.84. The fourth-order valence-corrected chi connectivity index (χ4v) is 2.26. The molecule has 0 aromatic heterocycles. The Bertz CT molecular complexity index is 652. The summed E-state index contributed by atoms with van der Waals surface area (Å²) in [6.07, 6.45) is 0. The number of rotatable bonds is 1. The van der Waals surface area contributed by atoms with Gasteiger partial charge in [-0.15, -0.1) is 0 Å².